The van der Waals surface area contributed by atoms with E-state index in [-0.39, 0.29) is 16.9 Å². The average molecular weight is 240 g/mol. The van der Waals surface area contributed by atoms with E-state index in [0.717, 1.165) is 5.56 Å². The van der Waals surface area contributed by atoms with Crippen LogP contribution in [0.1, 0.15) is 27.6 Å². The summed E-state index contributed by atoms with van der Waals surface area (Å²) in [6, 6.07) is 14.2. The van der Waals surface area contributed by atoms with Gasteiger partial charge in [-0.25, -0.2) is 4.79 Å². The highest BCUT2D eigenvalue weighted by Crippen LogP contribution is 2.26. The number of aromatic carboxylic acids is 1. The maximum atomic E-state index is 11.7. The molecule has 0 bridgehead atoms. The third kappa shape index (κ3) is 2.15. The molecule has 1 N–H and O–H groups in total. The van der Waals surface area contributed by atoms with Crippen molar-refractivity contribution in [2.24, 2.45) is 0 Å². The van der Waals surface area contributed by atoms with Crippen molar-refractivity contribution in [3.05, 3.63) is 59.7 Å². The van der Waals surface area contributed by atoms with Gasteiger partial charge < -0.3 is 5.11 Å². The highest BCUT2D eigenvalue weighted by Gasteiger charge is 2.18. The standard InChI is InChI=1S/C15H12O3/c1-10(16)14-12(11-6-3-2-4-7-11)8-5-9-13(14)15(17)18/h2-9H,1H3,(H,17,18). The number of hydrogen-bond acceptors (Lipinski definition) is 2. The van der Waals surface area contributed by atoms with Gasteiger partial charge in [0.15, 0.2) is 5.78 Å². The molecule has 3 heteroatoms. The van der Waals surface area contributed by atoms with Crippen molar-refractivity contribution in [2.45, 2.75) is 6.92 Å². The van der Waals surface area contributed by atoms with Crippen LogP contribution < -0.4 is 0 Å². The summed E-state index contributed by atoms with van der Waals surface area (Å²) in [6.07, 6.45) is 0. The molecule has 0 amide bonds. The predicted octanol–water partition coefficient (Wildman–Crippen LogP) is 3.25. The highest BCUT2D eigenvalue weighted by molar-refractivity contribution is 6.09. The van der Waals surface area contributed by atoms with E-state index < -0.39 is 5.97 Å². The third-order valence-corrected chi connectivity index (χ3v) is 2.73. The summed E-state index contributed by atoms with van der Waals surface area (Å²) in [6.45, 7) is 1.38. The molecule has 0 atom stereocenters. The smallest absolute Gasteiger partial charge is 0.336 e. The molecule has 2 aromatic rings. The SMILES string of the molecule is CC(=O)c1c(C(=O)O)cccc1-c1ccccc1. The molecule has 0 radical (unpaired) electrons. The number of carboxylic acids is 1. The molecule has 0 aliphatic rings. The second-order valence-electron chi connectivity index (χ2n) is 3.96. The zero-order chi connectivity index (χ0) is 13.1. The molecule has 18 heavy (non-hydrogen) atoms. The van der Waals surface area contributed by atoms with Crippen LogP contribution in [-0.4, -0.2) is 16.9 Å². The van der Waals surface area contributed by atoms with Gasteiger partial charge in [-0.1, -0.05) is 42.5 Å². The van der Waals surface area contributed by atoms with E-state index in [0.29, 0.717) is 5.56 Å². The predicted molar refractivity (Wildman–Crippen MR) is 68.8 cm³/mol. The van der Waals surface area contributed by atoms with Gasteiger partial charge in [0.25, 0.3) is 0 Å². The lowest BCUT2D eigenvalue weighted by Crippen LogP contribution is -2.07. The summed E-state index contributed by atoms with van der Waals surface area (Å²) in [7, 11) is 0. The summed E-state index contributed by atoms with van der Waals surface area (Å²) in [5.41, 5.74) is 1.80. The second kappa shape index (κ2) is 4.84. The fourth-order valence-electron chi connectivity index (χ4n) is 1.97. The molecule has 0 unspecified atom stereocenters. The lowest BCUT2D eigenvalue weighted by molar-refractivity contribution is 0.0692. The minimum atomic E-state index is -1.09. The van der Waals surface area contributed by atoms with E-state index in [1.807, 2.05) is 30.3 Å². The summed E-state index contributed by atoms with van der Waals surface area (Å²) in [4.78, 5) is 22.9. The van der Waals surface area contributed by atoms with Crippen LogP contribution in [0.4, 0.5) is 0 Å². The van der Waals surface area contributed by atoms with E-state index in [1.165, 1.54) is 13.0 Å². The minimum Gasteiger partial charge on any atom is -0.478 e. The fourth-order valence-corrected chi connectivity index (χ4v) is 1.97. The normalized spacial score (nSPS) is 10.1. The Labute approximate surface area is 105 Å². The van der Waals surface area contributed by atoms with Crippen LogP contribution >= 0.6 is 0 Å². The Bertz CT molecular complexity index is 600. The molecule has 2 aromatic carbocycles. The van der Waals surface area contributed by atoms with Gasteiger partial charge in [-0.05, 0) is 24.1 Å². The summed E-state index contributed by atoms with van der Waals surface area (Å²) < 4.78 is 0. The van der Waals surface area contributed by atoms with Crippen molar-refractivity contribution in [2.75, 3.05) is 0 Å². The number of carbonyl (C=O) groups is 2. The van der Waals surface area contributed by atoms with Crippen molar-refractivity contribution in [3.63, 3.8) is 0 Å². The van der Waals surface area contributed by atoms with Crippen molar-refractivity contribution < 1.29 is 14.7 Å². The van der Waals surface area contributed by atoms with Gasteiger partial charge in [-0.15, -0.1) is 0 Å². The Morgan fingerprint density at radius 2 is 1.61 bits per heavy atom. The topological polar surface area (TPSA) is 54.4 Å². The summed E-state index contributed by atoms with van der Waals surface area (Å²) in [5, 5.41) is 9.13. The zero-order valence-electron chi connectivity index (χ0n) is 9.88. The Kier molecular flexibility index (Phi) is 3.24. The van der Waals surface area contributed by atoms with Crippen LogP contribution in [-0.2, 0) is 0 Å². The number of Topliss-reactive ketones (excluding diaryl/α,β-unsaturated/α-hetero) is 1. The quantitative estimate of drug-likeness (QED) is 0.838. The van der Waals surface area contributed by atoms with E-state index >= 15 is 0 Å². The Balaban J connectivity index is 2.72. The molecule has 0 fully saturated rings. The molecule has 90 valence electrons. The average Bonchev–Trinajstić information content (AvgIpc) is 2.38. The monoisotopic (exact) mass is 240 g/mol. The van der Waals surface area contributed by atoms with Gasteiger partial charge in [-0.2, -0.15) is 0 Å². The fraction of sp³-hybridized carbons (Fsp3) is 0.0667. The largest absolute Gasteiger partial charge is 0.478 e. The van der Waals surface area contributed by atoms with Gasteiger partial charge in [0, 0.05) is 5.56 Å². The first-order chi connectivity index (χ1) is 8.61. The highest BCUT2D eigenvalue weighted by atomic mass is 16.4. The van der Waals surface area contributed by atoms with Crippen LogP contribution in [0.3, 0.4) is 0 Å². The summed E-state index contributed by atoms with van der Waals surface area (Å²) in [5.74, 6) is -1.33. The lowest BCUT2D eigenvalue weighted by Gasteiger charge is -2.10. The van der Waals surface area contributed by atoms with Crippen LogP contribution in [0.15, 0.2) is 48.5 Å². The second-order valence-corrected chi connectivity index (χ2v) is 3.96. The number of ketones is 1. The van der Waals surface area contributed by atoms with E-state index in [2.05, 4.69) is 0 Å². The number of rotatable bonds is 3. The van der Waals surface area contributed by atoms with Crippen LogP contribution in [0.2, 0.25) is 0 Å². The molecule has 0 aliphatic carbocycles. The Morgan fingerprint density at radius 1 is 0.944 bits per heavy atom. The number of carbonyl (C=O) groups excluding carboxylic acids is 1. The molecular formula is C15H12O3. The molecule has 0 aromatic heterocycles. The van der Waals surface area contributed by atoms with Crippen molar-refractivity contribution in [3.8, 4) is 11.1 Å². The molecule has 0 saturated heterocycles. The third-order valence-electron chi connectivity index (χ3n) is 2.73. The van der Waals surface area contributed by atoms with Crippen LogP contribution in [0.5, 0.6) is 0 Å². The van der Waals surface area contributed by atoms with Crippen LogP contribution in [0, 0.1) is 0 Å². The maximum Gasteiger partial charge on any atom is 0.336 e. The summed E-state index contributed by atoms with van der Waals surface area (Å²) >= 11 is 0. The van der Waals surface area contributed by atoms with Crippen molar-refractivity contribution in [1.29, 1.82) is 0 Å². The Morgan fingerprint density at radius 3 is 2.17 bits per heavy atom. The molecule has 2 rings (SSSR count). The molecular weight excluding hydrogens is 228 g/mol. The van der Waals surface area contributed by atoms with E-state index in [4.69, 9.17) is 5.11 Å². The maximum absolute atomic E-state index is 11.7. The number of hydrogen-bond donors (Lipinski definition) is 1. The van der Waals surface area contributed by atoms with E-state index in [1.54, 1.807) is 12.1 Å². The van der Waals surface area contributed by atoms with Gasteiger partial charge in [0.05, 0.1) is 5.56 Å². The first-order valence-corrected chi connectivity index (χ1v) is 5.54. The minimum absolute atomic E-state index is 0.0452. The van der Waals surface area contributed by atoms with Crippen LogP contribution in [0.25, 0.3) is 11.1 Å². The van der Waals surface area contributed by atoms with Gasteiger partial charge in [0.1, 0.15) is 0 Å². The molecule has 0 spiro atoms. The van der Waals surface area contributed by atoms with Gasteiger partial charge in [-0.3, -0.25) is 4.79 Å². The van der Waals surface area contributed by atoms with Crippen molar-refractivity contribution in [1.82, 2.24) is 0 Å². The number of carboxylic acid groups (broad SMARTS) is 1. The lowest BCUT2D eigenvalue weighted by atomic mass is 9.93. The Hall–Kier alpha value is -2.42. The molecule has 3 nitrogen and oxygen atoms in total. The first-order valence-electron chi connectivity index (χ1n) is 5.54. The first kappa shape index (κ1) is 12.0. The zero-order valence-corrected chi connectivity index (χ0v) is 9.88. The van der Waals surface area contributed by atoms with Crippen molar-refractivity contribution >= 4 is 11.8 Å². The molecule has 0 heterocycles. The molecule has 0 aliphatic heterocycles. The van der Waals surface area contributed by atoms with E-state index in [9.17, 15) is 9.59 Å². The number of benzene rings is 2. The van der Waals surface area contributed by atoms with Gasteiger partial charge in [0.2, 0.25) is 0 Å². The molecule has 0 saturated carbocycles. The van der Waals surface area contributed by atoms with Gasteiger partial charge >= 0.3 is 5.97 Å².